The van der Waals surface area contributed by atoms with Crippen LogP contribution in [0.25, 0.3) is 0 Å². The molecule has 0 spiro atoms. The maximum atomic E-state index is 11.5. The number of aromatic nitrogens is 1. The average molecular weight is 247 g/mol. The molecule has 96 valence electrons. The van der Waals surface area contributed by atoms with E-state index >= 15 is 0 Å². The molecular weight excluding hydrogens is 230 g/mol. The van der Waals surface area contributed by atoms with E-state index in [4.69, 9.17) is 5.73 Å². The highest BCUT2D eigenvalue weighted by Gasteiger charge is 2.35. The largest absolute Gasteiger partial charge is 0.353 e. The summed E-state index contributed by atoms with van der Waals surface area (Å²) in [5.74, 6) is 0.956. The van der Waals surface area contributed by atoms with Gasteiger partial charge in [0.15, 0.2) is 0 Å². The number of nitrogens with two attached hydrogens (primary N) is 1. The van der Waals surface area contributed by atoms with Gasteiger partial charge in [0, 0.05) is 38.9 Å². The number of amides is 2. The molecule has 2 fully saturated rings. The smallest absolute Gasteiger partial charge is 0.317 e. The molecule has 3 rings (SSSR count). The van der Waals surface area contributed by atoms with Gasteiger partial charge in [-0.15, -0.1) is 0 Å². The lowest BCUT2D eigenvalue weighted by molar-refractivity contribution is 0.197. The zero-order chi connectivity index (χ0) is 12.5. The molecule has 1 atom stereocenters. The normalized spacial score (nSPS) is 22.9. The van der Waals surface area contributed by atoms with Crippen LogP contribution in [0.1, 0.15) is 5.56 Å². The van der Waals surface area contributed by atoms with Gasteiger partial charge in [-0.05, 0) is 17.7 Å². The third-order valence-electron chi connectivity index (χ3n) is 3.60. The molecule has 0 aromatic carbocycles. The molecule has 1 aromatic rings. The van der Waals surface area contributed by atoms with Crippen LogP contribution >= 0.6 is 0 Å². The van der Waals surface area contributed by atoms with E-state index in [-0.39, 0.29) is 12.1 Å². The number of fused-ring (bicyclic) bond motifs is 1. The van der Waals surface area contributed by atoms with Gasteiger partial charge in [-0.1, -0.05) is 0 Å². The predicted molar refractivity (Wildman–Crippen MR) is 68.2 cm³/mol. The summed E-state index contributed by atoms with van der Waals surface area (Å²) in [5.41, 5.74) is 6.73. The van der Waals surface area contributed by atoms with Crippen molar-refractivity contribution in [3.63, 3.8) is 0 Å². The second-order valence-electron chi connectivity index (χ2n) is 4.71. The molecule has 0 bridgehead atoms. The lowest BCUT2D eigenvalue weighted by Gasteiger charge is -2.37. The molecule has 6 heteroatoms. The summed E-state index contributed by atoms with van der Waals surface area (Å²) < 4.78 is 0. The van der Waals surface area contributed by atoms with E-state index in [1.165, 1.54) is 0 Å². The molecule has 0 radical (unpaired) electrons. The fourth-order valence-electron chi connectivity index (χ4n) is 2.57. The summed E-state index contributed by atoms with van der Waals surface area (Å²) in [7, 11) is 0. The van der Waals surface area contributed by atoms with Gasteiger partial charge in [-0.2, -0.15) is 0 Å². The Bertz CT molecular complexity index is 464. The molecule has 2 saturated heterocycles. The summed E-state index contributed by atoms with van der Waals surface area (Å²) in [6, 6.07) is 4.28. The first-order valence-corrected chi connectivity index (χ1v) is 6.22. The van der Waals surface area contributed by atoms with Crippen molar-refractivity contribution in [2.24, 2.45) is 5.73 Å². The molecule has 18 heavy (non-hydrogen) atoms. The van der Waals surface area contributed by atoms with E-state index in [0.717, 1.165) is 37.6 Å². The number of hydrogen-bond donors (Lipinski definition) is 2. The number of piperazine rings is 1. The molecule has 0 saturated carbocycles. The van der Waals surface area contributed by atoms with Crippen LogP contribution < -0.4 is 16.0 Å². The highest BCUT2D eigenvalue weighted by molar-refractivity contribution is 5.77. The van der Waals surface area contributed by atoms with E-state index in [1.54, 1.807) is 6.20 Å². The zero-order valence-corrected chi connectivity index (χ0v) is 10.2. The number of hydrogen-bond acceptors (Lipinski definition) is 4. The molecule has 1 aromatic heterocycles. The minimum absolute atomic E-state index is 0.0586. The molecule has 1 unspecified atom stereocenters. The Morgan fingerprint density at radius 2 is 2.39 bits per heavy atom. The van der Waals surface area contributed by atoms with Crippen LogP contribution in [0.5, 0.6) is 0 Å². The first-order chi connectivity index (χ1) is 8.78. The second kappa shape index (κ2) is 4.45. The van der Waals surface area contributed by atoms with Gasteiger partial charge in [0.05, 0.1) is 6.04 Å². The lowest BCUT2D eigenvalue weighted by atomic mass is 10.2. The first-order valence-electron chi connectivity index (χ1n) is 6.22. The van der Waals surface area contributed by atoms with Crippen molar-refractivity contribution >= 4 is 11.8 Å². The van der Waals surface area contributed by atoms with Crippen molar-refractivity contribution in [2.45, 2.75) is 12.6 Å². The van der Waals surface area contributed by atoms with Crippen molar-refractivity contribution in [2.75, 3.05) is 31.1 Å². The van der Waals surface area contributed by atoms with Crippen LogP contribution in [-0.4, -0.2) is 48.1 Å². The predicted octanol–water partition coefficient (Wildman–Crippen LogP) is -0.246. The minimum Gasteiger partial charge on any atom is -0.353 e. The number of carbonyl (C=O) groups excluding carboxylic acids is 1. The van der Waals surface area contributed by atoms with Crippen molar-refractivity contribution in [1.29, 1.82) is 0 Å². The number of nitrogens with zero attached hydrogens (tertiary/aromatic N) is 3. The minimum atomic E-state index is 0.0586. The summed E-state index contributed by atoms with van der Waals surface area (Å²) >= 11 is 0. The standard InChI is InChI=1S/C12H17N5O/c13-6-9-1-2-14-11(5-9)16-3-4-17-10(8-16)7-15-12(17)18/h1-2,5,10H,3-4,6-8,13H2,(H,15,18). The zero-order valence-electron chi connectivity index (χ0n) is 10.2. The Morgan fingerprint density at radius 3 is 3.22 bits per heavy atom. The van der Waals surface area contributed by atoms with Crippen LogP contribution in [0.3, 0.4) is 0 Å². The topological polar surface area (TPSA) is 74.5 Å². The monoisotopic (exact) mass is 247 g/mol. The van der Waals surface area contributed by atoms with Gasteiger partial charge in [0.25, 0.3) is 0 Å². The fraction of sp³-hybridized carbons (Fsp3) is 0.500. The Hall–Kier alpha value is -1.82. The van der Waals surface area contributed by atoms with E-state index in [1.807, 2.05) is 17.0 Å². The number of rotatable bonds is 2. The number of carbonyl (C=O) groups is 1. The molecule has 2 aliphatic heterocycles. The number of anilines is 1. The third kappa shape index (κ3) is 1.88. The Balaban J connectivity index is 1.76. The summed E-state index contributed by atoms with van der Waals surface area (Å²) in [6.07, 6.45) is 1.79. The van der Waals surface area contributed by atoms with Crippen LogP contribution in [0, 0.1) is 0 Å². The number of nitrogens with one attached hydrogen (secondary N) is 1. The molecule has 0 aliphatic carbocycles. The van der Waals surface area contributed by atoms with Gasteiger partial charge in [-0.25, -0.2) is 9.78 Å². The van der Waals surface area contributed by atoms with Gasteiger partial charge in [0.2, 0.25) is 0 Å². The Kier molecular flexibility index (Phi) is 2.79. The first kappa shape index (κ1) is 11.3. The molecular formula is C12H17N5O. The molecule has 3 N–H and O–H groups in total. The number of urea groups is 1. The molecule has 3 heterocycles. The van der Waals surface area contributed by atoms with Gasteiger partial charge in [0.1, 0.15) is 5.82 Å². The molecule has 6 nitrogen and oxygen atoms in total. The quantitative estimate of drug-likeness (QED) is 0.756. The van der Waals surface area contributed by atoms with Gasteiger partial charge in [-0.3, -0.25) is 0 Å². The maximum absolute atomic E-state index is 11.5. The highest BCUT2D eigenvalue weighted by Crippen LogP contribution is 2.20. The van der Waals surface area contributed by atoms with Crippen LogP contribution in [0.4, 0.5) is 10.6 Å². The van der Waals surface area contributed by atoms with Gasteiger partial charge < -0.3 is 20.9 Å². The Labute approximate surface area is 106 Å². The summed E-state index contributed by atoms with van der Waals surface area (Å²) in [4.78, 5) is 20.0. The third-order valence-corrected chi connectivity index (χ3v) is 3.60. The van der Waals surface area contributed by atoms with E-state index in [0.29, 0.717) is 6.54 Å². The van der Waals surface area contributed by atoms with Gasteiger partial charge >= 0.3 is 6.03 Å². The van der Waals surface area contributed by atoms with E-state index in [2.05, 4.69) is 15.2 Å². The SMILES string of the molecule is NCc1ccnc(N2CCN3C(=O)NCC3C2)c1. The molecule has 2 aliphatic rings. The number of pyridine rings is 1. The summed E-state index contributed by atoms with van der Waals surface area (Å²) in [5, 5.41) is 2.88. The maximum Gasteiger partial charge on any atom is 0.317 e. The van der Waals surface area contributed by atoms with E-state index in [9.17, 15) is 4.79 Å². The van der Waals surface area contributed by atoms with Crippen LogP contribution in [-0.2, 0) is 6.54 Å². The average Bonchev–Trinajstić information content (AvgIpc) is 2.80. The van der Waals surface area contributed by atoms with Crippen molar-refractivity contribution in [1.82, 2.24) is 15.2 Å². The fourth-order valence-corrected chi connectivity index (χ4v) is 2.57. The molecule has 2 amide bonds. The Morgan fingerprint density at radius 1 is 1.50 bits per heavy atom. The van der Waals surface area contributed by atoms with Crippen LogP contribution in [0.2, 0.25) is 0 Å². The highest BCUT2D eigenvalue weighted by atomic mass is 16.2. The van der Waals surface area contributed by atoms with Crippen molar-refractivity contribution in [3.8, 4) is 0 Å². The van der Waals surface area contributed by atoms with E-state index < -0.39 is 0 Å². The van der Waals surface area contributed by atoms with Crippen molar-refractivity contribution in [3.05, 3.63) is 23.9 Å². The lowest BCUT2D eigenvalue weighted by Crippen LogP contribution is -2.52. The van der Waals surface area contributed by atoms with Crippen molar-refractivity contribution < 1.29 is 4.79 Å². The summed E-state index contributed by atoms with van der Waals surface area (Å²) in [6.45, 7) is 3.67. The second-order valence-corrected chi connectivity index (χ2v) is 4.71. The van der Waals surface area contributed by atoms with Crippen LogP contribution in [0.15, 0.2) is 18.3 Å².